The molecule has 2 aromatic heterocycles. The zero-order valence-electron chi connectivity index (χ0n) is 7.18. The molecule has 6 heteroatoms. The third kappa shape index (κ3) is 2.20. The SMILES string of the molecule is NC(Cc1cnsn1)c1coc(Br)c1. The van der Waals surface area contributed by atoms with Crippen LogP contribution in [0, 0.1) is 0 Å². The summed E-state index contributed by atoms with van der Waals surface area (Å²) in [5.74, 6) is 0. The van der Waals surface area contributed by atoms with Gasteiger partial charge in [-0.25, -0.2) is 0 Å². The molecule has 0 saturated carbocycles. The van der Waals surface area contributed by atoms with Gasteiger partial charge in [0.1, 0.15) is 0 Å². The maximum Gasteiger partial charge on any atom is 0.169 e. The van der Waals surface area contributed by atoms with Crippen LogP contribution in [0.25, 0.3) is 0 Å². The quantitative estimate of drug-likeness (QED) is 0.931. The first-order valence-electron chi connectivity index (χ1n) is 4.01. The lowest BCUT2D eigenvalue weighted by Gasteiger charge is -2.05. The summed E-state index contributed by atoms with van der Waals surface area (Å²) in [4.78, 5) is 0. The molecule has 2 N–H and O–H groups in total. The maximum atomic E-state index is 5.96. The van der Waals surface area contributed by atoms with Crippen LogP contribution in [0.2, 0.25) is 0 Å². The van der Waals surface area contributed by atoms with Crippen molar-refractivity contribution in [2.75, 3.05) is 0 Å². The summed E-state index contributed by atoms with van der Waals surface area (Å²) < 4.78 is 13.8. The molecule has 2 aromatic rings. The molecule has 0 fully saturated rings. The number of rotatable bonds is 3. The molecule has 0 aliphatic heterocycles. The predicted molar refractivity (Wildman–Crippen MR) is 56.9 cm³/mol. The molecule has 1 unspecified atom stereocenters. The summed E-state index contributed by atoms with van der Waals surface area (Å²) >= 11 is 4.42. The number of nitrogens with zero attached hydrogens (tertiary/aromatic N) is 2. The van der Waals surface area contributed by atoms with Crippen molar-refractivity contribution in [1.29, 1.82) is 0 Å². The van der Waals surface area contributed by atoms with Crippen molar-refractivity contribution in [2.24, 2.45) is 5.73 Å². The second-order valence-corrected chi connectivity index (χ2v) is 4.23. The van der Waals surface area contributed by atoms with Gasteiger partial charge >= 0.3 is 0 Å². The van der Waals surface area contributed by atoms with Crippen LogP contribution in [0.3, 0.4) is 0 Å². The van der Waals surface area contributed by atoms with E-state index in [-0.39, 0.29) is 6.04 Å². The van der Waals surface area contributed by atoms with Gasteiger partial charge < -0.3 is 10.2 Å². The largest absolute Gasteiger partial charge is 0.457 e. The van der Waals surface area contributed by atoms with E-state index in [9.17, 15) is 0 Å². The van der Waals surface area contributed by atoms with Gasteiger partial charge in [-0.05, 0) is 22.0 Å². The average molecular weight is 274 g/mol. The number of halogens is 1. The lowest BCUT2D eigenvalue weighted by molar-refractivity contribution is 0.534. The number of hydrogen-bond donors (Lipinski definition) is 1. The first kappa shape index (κ1) is 9.82. The van der Waals surface area contributed by atoms with E-state index in [1.807, 2.05) is 6.07 Å². The third-order valence-electron chi connectivity index (χ3n) is 1.85. The standard InChI is InChI=1S/C8H8BrN3OS/c9-8-1-5(4-13-8)7(10)2-6-3-11-14-12-6/h1,3-4,7H,2,10H2. The van der Waals surface area contributed by atoms with E-state index in [1.54, 1.807) is 12.5 Å². The zero-order chi connectivity index (χ0) is 9.97. The molecule has 0 spiro atoms. The van der Waals surface area contributed by atoms with Crippen LogP contribution in [-0.2, 0) is 6.42 Å². The van der Waals surface area contributed by atoms with Crippen LogP contribution in [0.4, 0.5) is 0 Å². The van der Waals surface area contributed by atoms with Crippen LogP contribution in [-0.4, -0.2) is 8.75 Å². The van der Waals surface area contributed by atoms with Gasteiger partial charge in [0.15, 0.2) is 4.67 Å². The monoisotopic (exact) mass is 273 g/mol. The van der Waals surface area contributed by atoms with E-state index in [1.165, 1.54) is 11.7 Å². The number of furan rings is 1. The van der Waals surface area contributed by atoms with Gasteiger partial charge in [-0.15, -0.1) is 0 Å². The van der Waals surface area contributed by atoms with Crippen molar-refractivity contribution in [2.45, 2.75) is 12.5 Å². The summed E-state index contributed by atoms with van der Waals surface area (Å²) in [5, 5.41) is 0. The predicted octanol–water partition coefficient (Wildman–Crippen LogP) is 2.14. The first-order chi connectivity index (χ1) is 6.75. The lowest BCUT2D eigenvalue weighted by Crippen LogP contribution is -2.12. The number of hydrogen-bond acceptors (Lipinski definition) is 5. The Hall–Kier alpha value is -0.720. The number of aromatic nitrogens is 2. The molecule has 2 heterocycles. The van der Waals surface area contributed by atoms with E-state index < -0.39 is 0 Å². The Kier molecular flexibility index (Phi) is 2.95. The molecule has 2 rings (SSSR count). The average Bonchev–Trinajstić information content (AvgIpc) is 2.75. The van der Waals surface area contributed by atoms with Gasteiger partial charge in [0.2, 0.25) is 0 Å². The summed E-state index contributed by atoms with van der Waals surface area (Å²) in [6.07, 6.45) is 4.07. The van der Waals surface area contributed by atoms with Crippen molar-refractivity contribution in [1.82, 2.24) is 8.75 Å². The van der Waals surface area contributed by atoms with Gasteiger partial charge in [-0.2, -0.15) is 8.75 Å². The summed E-state index contributed by atoms with van der Waals surface area (Å²) in [7, 11) is 0. The molecule has 0 radical (unpaired) electrons. The highest BCUT2D eigenvalue weighted by Crippen LogP contribution is 2.21. The van der Waals surface area contributed by atoms with Crippen molar-refractivity contribution in [3.63, 3.8) is 0 Å². The lowest BCUT2D eigenvalue weighted by atomic mass is 10.1. The molecule has 1 atom stereocenters. The van der Waals surface area contributed by atoms with E-state index in [4.69, 9.17) is 10.2 Å². The fraction of sp³-hybridized carbons (Fsp3) is 0.250. The minimum absolute atomic E-state index is 0.0889. The van der Waals surface area contributed by atoms with Crippen molar-refractivity contribution in [3.8, 4) is 0 Å². The summed E-state index contributed by atoms with van der Waals surface area (Å²) in [5.41, 5.74) is 7.83. The third-order valence-corrected chi connectivity index (χ3v) is 2.78. The fourth-order valence-electron chi connectivity index (χ4n) is 1.13. The van der Waals surface area contributed by atoms with Gasteiger partial charge in [0.05, 0.1) is 29.9 Å². The van der Waals surface area contributed by atoms with Crippen molar-refractivity contribution in [3.05, 3.63) is 34.5 Å². The normalized spacial score (nSPS) is 13.0. The minimum Gasteiger partial charge on any atom is -0.457 e. The smallest absolute Gasteiger partial charge is 0.169 e. The first-order valence-corrected chi connectivity index (χ1v) is 5.54. The molecule has 0 saturated heterocycles. The molecule has 0 bridgehead atoms. The second kappa shape index (κ2) is 4.20. The Bertz CT molecular complexity index is 400. The topological polar surface area (TPSA) is 64.9 Å². The summed E-state index contributed by atoms with van der Waals surface area (Å²) in [6.45, 7) is 0. The Balaban J connectivity index is 2.06. The summed E-state index contributed by atoms with van der Waals surface area (Å²) in [6, 6.07) is 1.78. The molecule has 14 heavy (non-hydrogen) atoms. The van der Waals surface area contributed by atoms with Crippen molar-refractivity contribution < 1.29 is 4.42 Å². The fourth-order valence-corrected chi connectivity index (χ4v) is 1.94. The van der Waals surface area contributed by atoms with Crippen LogP contribution in [0.5, 0.6) is 0 Å². The Morgan fingerprint density at radius 2 is 2.50 bits per heavy atom. The van der Waals surface area contributed by atoms with E-state index in [0.717, 1.165) is 11.3 Å². The molecular formula is C8H8BrN3OS. The second-order valence-electron chi connectivity index (χ2n) is 2.89. The Morgan fingerprint density at radius 3 is 3.07 bits per heavy atom. The van der Waals surface area contributed by atoms with Gasteiger partial charge in [-0.3, -0.25) is 0 Å². The maximum absolute atomic E-state index is 5.96. The molecule has 0 aromatic carbocycles. The van der Waals surface area contributed by atoms with Gasteiger partial charge in [0.25, 0.3) is 0 Å². The molecule has 74 valence electrons. The highest BCUT2D eigenvalue weighted by molar-refractivity contribution is 9.10. The van der Waals surface area contributed by atoms with Crippen LogP contribution in [0.1, 0.15) is 17.3 Å². The Morgan fingerprint density at radius 1 is 1.64 bits per heavy atom. The number of nitrogens with two attached hydrogens (primary N) is 1. The van der Waals surface area contributed by atoms with E-state index in [0.29, 0.717) is 11.1 Å². The molecular weight excluding hydrogens is 266 g/mol. The van der Waals surface area contributed by atoms with Crippen LogP contribution >= 0.6 is 27.7 Å². The molecule has 4 nitrogen and oxygen atoms in total. The van der Waals surface area contributed by atoms with E-state index in [2.05, 4.69) is 24.7 Å². The van der Waals surface area contributed by atoms with E-state index >= 15 is 0 Å². The van der Waals surface area contributed by atoms with Gasteiger partial charge in [0, 0.05) is 18.0 Å². The van der Waals surface area contributed by atoms with Gasteiger partial charge in [-0.1, -0.05) is 0 Å². The van der Waals surface area contributed by atoms with Crippen molar-refractivity contribution >= 4 is 27.7 Å². The van der Waals surface area contributed by atoms with Crippen LogP contribution < -0.4 is 5.73 Å². The molecule has 0 aliphatic rings. The zero-order valence-corrected chi connectivity index (χ0v) is 9.59. The molecule has 0 aliphatic carbocycles. The highest BCUT2D eigenvalue weighted by Gasteiger charge is 2.11. The highest BCUT2D eigenvalue weighted by atomic mass is 79.9. The minimum atomic E-state index is -0.0889. The molecule has 0 amide bonds. The Labute approximate surface area is 93.6 Å². The van der Waals surface area contributed by atoms with Crippen LogP contribution in [0.15, 0.2) is 27.6 Å².